The fourth-order valence-electron chi connectivity index (χ4n) is 5.58. The van der Waals surface area contributed by atoms with Gasteiger partial charge in [0.25, 0.3) is 0 Å². The molecule has 0 aliphatic carbocycles. The highest BCUT2D eigenvalue weighted by atomic mass is 32.2. The lowest BCUT2D eigenvalue weighted by Gasteiger charge is -2.33. The van der Waals surface area contributed by atoms with Gasteiger partial charge in [0.05, 0.1) is 10.9 Å². The molecule has 0 spiro atoms. The van der Waals surface area contributed by atoms with E-state index in [0.717, 1.165) is 35.3 Å². The maximum absolute atomic E-state index is 13.5. The lowest BCUT2D eigenvalue weighted by atomic mass is 9.97. The Morgan fingerprint density at radius 2 is 1.51 bits per heavy atom. The van der Waals surface area contributed by atoms with E-state index in [4.69, 9.17) is 0 Å². The molecule has 2 heterocycles. The second-order valence-corrected chi connectivity index (χ2v) is 12.1. The van der Waals surface area contributed by atoms with Crippen LogP contribution in [-0.2, 0) is 14.8 Å². The van der Waals surface area contributed by atoms with E-state index in [-0.39, 0.29) is 17.9 Å². The molecule has 2 fully saturated rings. The smallest absolute Gasteiger partial charge is 0.243 e. The maximum atomic E-state index is 13.5. The van der Waals surface area contributed by atoms with Crippen LogP contribution in [0.5, 0.6) is 0 Å². The van der Waals surface area contributed by atoms with Gasteiger partial charge >= 0.3 is 0 Å². The molecule has 2 aromatic carbocycles. The van der Waals surface area contributed by atoms with Crippen molar-refractivity contribution < 1.29 is 13.2 Å². The number of hydrogen-bond acceptors (Lipinski definition) is 4. The van der Waals surface area contributed by atoms with Gasteiger partial charge in [-0.25, -0.2) is 8.42 Å². The molecule has 7 heteroatoms. The molecule has 0 aromatic heterocycles. The van der Waals surface area contributed by atoms with Crippen molar-refractivity contribution in [2.75, 3.05) is 32.7 Å². The molecule has 0 radical (unpaired) electrons. The van der Waals surface area contributed by atoms with Crippen LogP contribution in [0.2, 0.25) is 0 Å². The van der Waals surface area contributed by atoms with E-state index < -0.39 is 10.0 Å². The number of piperidine rings is 1. The summed E-state index contributed by atoms with van der Waals surface area (Å²) in [7, 11) is -3.60. The average molecular weight is 498 g/mol. The van der Waals surface area contributed by atoms with Crippen LogP contribution < -0.4 is 5.32 Å². The molecular weight excluding hydrogens is 458 g/mol. The Morgan fingerprint density at radius 3 is 2.09 bits per heavy atom. The number of nitrogens with one attached hydrogen (secondary N) is 1. The van der Waals surface area contributed by atoms with Crippen LogP contribution in [0.15, 0.2) is 41.3 Å². The summed E-state index contributed by atoms with van der Waals surface area (Å²) in [5.41, 5.74) is 4.86. The first-order valence-corrected chi connectivity index (χ1v) is 14.3. The number of amides is 1. The van der Waals surface area contributed by atoms with Crippen molar-refractivity contribution in [2.45, 2.75) is 64.3 Å². The number of likely N-dealkylation sites (tertiary alicyclic amines) is 1. The van der Waals surface area contributed by atoms with Gasteiger partial charge in [0.1, 0.15) is 0 Å². The van der Waals surface area contributed by atoms with Crippen LogP contribution in [0.3, 0.4) is 0 Å². The number of nitrogens with zero attached hydrogens (tertiary/aromatic N) is 2. The van der Waals surface area contributed by atoms with Gasteiger partial charge in [-0.2, -0.15) is 4.31 Å². The van der Waals surface area contributed by atoms with Gasteiger partial charge in [-0.1, -0.05) is 36.4 Å². The van der Waals surface area contributed by atoms with Crippen LogP contribution in [0.1, 0.15) is 59.5 Å². The Balaban J connectivity index is 1.39. The number of rotatable bonds is 7. The summed E-state index contributed by atoms with van der Waals surface area (Å²) in [4.78, 5) is 16.0. The fourth-order valence-corrected chi connectivity index (χ4v) is 7.63. The largest absolute Gasteiger partial charge is 0.354 e. The second kappa shape index (κ2) is 10.8. The minimum absolute atomic E-state index is 0.0425. The molecule has 35 heavy (non-hydrogen) atoms. The van der Waals surface area contributed by atoms with Gasteiger partial charge in [0.2, 0.25) is 15.9 Å². The van der Waals surface area contributed by atoms with Gasteiger partial charge in [-0.3, -0.25) is 9.69 Å². The van der Waals surface area contributed by atoms with Crippen LogP contribution in [-0.4, -0.2) is 56.3 Å². The number of aryl methyl sites for hydroxylation is 2. The van der Waals surface area contributed by atoms with Crippen LogP contribution in [0.4, 0.5) is 0 Å². The summed E-state index contributed by atoms with van der Waals surface area (Å²) in [6, 6.07) is 12.6. The minimum atomic E-state index is -3.60. The van der Waals surface area contributed by atoms with Crippen molar-refractivity contribution in [1.29, 1.82) is 0 Å². The zero-order valence-corrected chi connectivity index (χ0v) is 22.3. The van der Waals surface area contributed by atoms with E-state index in [0.29, 0.717) is 37.4 Å². The third-order valence-electron chi connectivity index (χ3n) is 7.96. The predicted octanol–water partition coefficient (Wildman–Crippen LogP) is 4.27. The van der Waals surface area contributed by atoms with Crippen LogP contribution >= 0.6 is 0 Å². The highest BCUT2D eigenvalue weighted by Gasteiger charge is 2.34. The lowest BCUT2D eigenvalue weighted by molar-refractivity contribution is -0.126. The first-order valence-electron chi connectivity index (χ1n) is 12.8. The number of carbonyl (C=O) groups excluding carboxylic acids is 1. The molecule has 190 valence electrons. The summed E-state index contributed by atoms with van der Waals surface area (Å²) < 4.78 is 28.7. The normalized spacial score (nSPS) is 19.1. The second-order valence-electron chi connectivity index (χ2n) is 10.2. The average Bonchev–Trinajstić information content (AvgIpc) is 3.38. The minimum Gasteiger partial charge on any atom is -0.354 e. The third-order valence-corrected chi connectivity index (χ3v) is 10.1. The van der Waals surface area contributed by atoms with Crippen molar-refractivity contribution in [3.05, 3.63) is 64.2 Å². The molecule has 1 N–H and O–H groups in total. The first kappa shape index (κ1) is 25.9. The quantitative estimate of drug-likeness (QED) is 0.620. The number of sulfonamides is 1. The van der Waals surface area contributed by atoms with Crippen molar-refractivity contribution in [3.8, 4) is 0 Å². The van der Waals surface area contributed by atoms with E-state index >= 15 is 0 Å². The molecule has 4 rings (SSSR count). The van der Waals surface area contributed by atoms with E-state index in [1.165, 1.54) is 18.4 Å². The molecule has 2 aliphatic rings. The Kier molecular flexibility index (Phi) is 7.99. The van der Waals surface area contributed by atoms with Gasteiger partial charge in [-0.05, 0) is 94.3 Å². The molecule has 0 saturated carbocycles. The molecule has 2 aliphatic heterocycles. The molecular formula is C28H39N3O3S. The summed E-state index contributed by atoms with van der Waals surface area (Å²) in [6.45, 7) is 11.1. The fraction of sp³-hybridized carbons (Fsp3) is 0.536. The van der Waals surface area contributed by atoms with E-state index in [9.17, 15) is 13.2 Å². The zero-order chi connectivity index (χ0) is 25.2. The van der Waals surface area contributed by atoms with Crippen molar-refractivity contribution >= 4 is 15.9 Å². The number of benzene rings is 2. The van der Waals surface area contributed by atoms with E-state index in [2.05, 4.69) is 34.5 Å². The van der Waals surface area contributed by atoms with Crippen molar-refractivity contribution in [2.24, 2.45) is 5.92 Å². The van der Waals surface area contributed by atoms with E-state index in [1.807, 2.05) is 39.8 Å². The van der Waals surface area contributed by atoms with Gasteiger partial charge < -0.3 is 5.32 Å². The molecule has 2 aromatic rings. The molecule has 0 bridgehead atoms. The van der Waals surface area contributed by atoms with Crippen molar-refractivity contribution in [1.82, 2.24) is 14.5 Å². The van der Waals surface area contributed by atoms with Gasteiger partial charge in [-0.15, -0.1) is 0 Å². The standard InChI is InChI=1S/C28H39N3O3S/c1-20-18-21(2)23(4)27(22(20)3)35(33,34)31-16-12-25(13-17-31)28(32)29-19-26(30-14-8-9-15-30)24-10-6-5-7-11-24/h5-7,10-11,18,25-26H,8-9,12-17,19H2,1-4H3,(H,29,32). The number of carbonyl (C=O) groups is 1. The molecule has 1 unspecified atom stereocenters. The molecule has 1 amide bonds. The molecule has 6 nitrogen and oxygen atoms in total. The first-order chi connectivity index (χ1) is 16.7. The summed E-state index contributed by atoms with van der Waals surface area (Å²) in [5, 5.41) is 3.20. The molecule has 2 saturated heterocycles. The van der Waals surface area contributed by atoms with E-state index in [1.54, 1.807) is 4.31 Å². The Hall–Kier alpha value is -2.22. The zero-order valence-electron chi connectivity index (χ0n) is 21.5. The Bertz CT molecular complexity index is 1120. The Morgan fingerprint density at radius 1 is 0.943 bits per heavy atom. The summed E-state index contributed by atoms with van der Waals surface area (Å²) >= 11 is 0. The summed E-state index contributed by atoms with van der Waals surface area (Å²) in [5.74, 6) is -0.112. The SMILES string of the molecule is Cc1cc(C)c(C)c(S(=O)(=O)N2CCC(C(=O)NCC(c3ccccc3)N3CCCC3)CC2)c1C. The van der Waals surface area contributed by atoms with Crippen molar-refractivity contribution in [3.63, 3.8) is 0 Å². The number of hydrogen-bond donors (Lipinski definition) is 1. The summed E-state index contributed by atoms with van der Waals surface area (Å²) in [6.07, 6.45) is 3.49. The highest BCUT2D eigenvalue weighted by molar-refractivity contribution is 7.89. The van der Waals surface area contributed by atoms with Crippen LogP contribution in [0.25, 0.3) is 0 Å². The Labute approximate surface area is 210 Å². The molecule has 1 atom stereocenters. The lowest BCUT2D eigenvalue weighted by Crippen LogP contribution is -2.45. The van der Waals surface area contributed by atoms with Gasteiger partial charge in [0, 0.05) is 25.6 Å². The van der Waals surface area contributed by atoms with Crippen LogP contribution in [0, 0.1) is 33.6 Å². The third kappa shape index (κ3) is 5.47. The monoisotopic (exact) mass is 497 g/mol. The predicted molar refractivity (Wildman–Crippen MR) is 140 cm³/mol. The highest BCUT2D eigenvalue weighted by Crippen LogP contribution is 2.31. The van der Waals surface area contributed by atoms with Gasteiger partial charge in [0.15, 0.2) is 0 Å². The topological polar surface area (TPSA) is 69.7 Å². The maximum Gasteiger partial charge on any atom is 0.243 e.